The van der Waals surface area contributed by atoms with Crippen LogP contribution in [-0.2, 0) is 20.7 Å². The molecule has 0 saturated carbocycles. The second-order valence-electron chi connectivity index (χ2n) is 6.72. The van der Waals surface area contributed by atoms with Gasteiger partial charge in [-0.2, -0.15) is 0 Å². The van der Waals surface area contributed by atoms with Crippen LogP contribution in [0.2, 0.25) is 0 Å². The van der Waals surface area contributed by atoms with Crippen molar-refractivity contribution in [1.82, 2.24) is 4.98 Å². The monoisotopic (exact) mass is 417 g/mol. The maximum absolute atomic E-state index is 11.7. The number of ether oxygens (including phenoxy) is 2. The maximum Gasteiger partial charge on any atom is 0.336 e. The zero-order valence-corrected chi connectivity index (χ0v) is 17.2. The van der Waals surface area contributed by atoms with Crippen LogP contribution in [0.3, 0.4) is 0 Å². The Kier molecular flexibility index (Phi) is 7.54. The van der Waals surface area contributed by atoms with Crippen LogP contribution in [0.4, 0.5) is 0 Å². The number of carbonyl (C=O) groups excluding carboxylic acids is 1. The molecule has 0 aliphatic heterocycles. The molecule has 2 aromatic carbocycles. The molecule has 0 unspecified atom stereocenters. The lowest BCUT2D eigenvalue weighted by Gasteiger charge is -2.09. The summed E-state index contributed by atoms with van der Waals surface area (Å²) in [6.45, 7) is 2.17. The first-order valence-electron chi connectivity index (χ1n) is 9.93. The molecule has 158 valence electrons. The number of aryl methyl sites for hydroxylation is 1. The summed E-state index contributed by atoms with van der Waals surface area (Å²) >= 11 is 0. The second kappa shape index (κ2) is 10.7. The molecule has 0 spiro atoms. The van der Waals surface area contributed by atoms with E-state index in [-0.39, 0.29) is 11.5 Å². The van der Waals surface area contributed by atoms with Crippen molar-refractivity contribution < 1.29 is 24.2 Å². The molecule has 1 aromatic heterocycles. The number of hydrogen-bond donors (Lipinski definition) is 1. The van der Waals surface area contributed by atoms with Crippen molar-refractivity contribution in [3.05, 3.63) is 89.7 Å². The fourth-order valence-electron chi connectivity index (χ4n) is 2.94. The van der Waals surface area contributed by atoms with Gasteiger partial charge < -0.3 is 14.6 Å². The van der Waals surface area contributed by atoms with Gasteiger partial charge in [0.15, 0.2) is 0 Å². The average Bonchev–Trinajstić information content (AvgIpc) is 2.78. The van der Waals surface area contributed by atoms with Crippen LogP contribution in [0.15, 0.2) is 73.1 Å². The number of aliphatic carboxylic acids is 1. The van der Waals surface area contributed by atoms with Crippen LogP contribution >= 0.6 is 0 Å². The highest BCUT2D eigenvalue weighted by Gasteiger charge is 2.11. The van der Waals surface area contributed by atoms with Gasteiger partial charge in [-0.1, -0.05) is 30.3 Å². The molecule has 3 aromatic rings. The fourth-order valence-corrected chi connectivity index (χ4v) is 2.94. The summed E-state index contributed by atoms with van der Waals surface area (Å²) < 4.78 is 10.8. The molecule has 3 rings (SSSR count). The standard InChI is InChI=1S/C25H23NO5/c1-2-30-24(27)14-7-18-5-10-21(11-6-18)31-22-12-8-20(9-13-22)23(25(28)29)16-19-4-3-15-26-17-19/h3-6,8-13,15-17H,2,7,14H2,1H3,(H,28,29). The largest absolute Gasteiger partial charge is 0.478 e. The number of rotatable bonds is 9. The third kappa shape index (κ3) is 6.54. The summed E-state index contributed by atoms with van der Waals surface area (Å²) in [6, 6.07) is 17.9. The molecule has 31 heavy (non-hydrogen) atoms. The van der Waals surface area contributed by atoms with E-state index in [2.05, 4.69) is 4.98 Å². The van der Waals surface area contributed by atoms with Crippen molar-refractivity contribution >= 4 is 23.6 Å². The third-order valence-electron chi connectivity index (χ3n) is 4.47. The van der Waals surface area contributed by atoms with Crippen molar-refractivity contribution in [3.8, 4) is 11.5 Å². The Labute approximate surface area is 180 Å². The lowest BCUT2D eigenvalue weighted by atomic mass is 10.0. The number of carboxylic acids is 1. The van der Waals surface area contributed by atoms with Crippen molar-refractivity contribution in [2.75, 3.05) is 6.61 Å². The lowest BCUT2D eigenvalue weighted by molar-refractivity contribution is -0.143. The van der Waals surface area contributed by atoms with Gasteiger partial charge in [-0.3, -0.25) is 9.78 Å². The molecule has 0 amide bonds. The molecular weight excluding hydrogens is 394 g/mol. The van der Waals surface area contributed by atoms with E-state index in [1.54, 1.807) is 61.8 Å². The predicted molar refractivity (Wildman–Crippen MR) is 118 cm³/mol. The first-order chi connectivity index (χ1) is 15.0. The fraction of sp³-hybridized carbons (Fsp3) is 0.160. The van der Waals surface area contributed by atoms with Crippen molar-refractivity contribution in [1.29, 1.82) is 0 Å². The van der Waals surface area contributed by atoms with Gasteiger partial charge in [0, 0.05) is 18.8 Å². The maximum atomic E-state index is 11.7. The van der Waals surface area contributed by atoms with Crippen LogP contribution in [0.5, 0.6) is 11.5 Å². The zero-order chi connectivity index (χ0) is 22.1. The van der Waals surface area contributed by atoms with Crippen molar-refractivity contribution in [3.63, 3.8) is 0 Å². The molecule has 0 atom stereocenters. The highest BCUT2D eigenvalue weighted by molar-refractivity contribution is 6.20. The van der Waals surface area contributed by atoms with Crippen molar-refractivity contribution in [2.45, 2.75) is 19.8 Å². The normalized spacial score (nSPS) is 11.1. The summed E-state index contributed by atoms with van der Waals surface area (Å²) in [5.41, 5.74) is 2.47. The smallest absolute Gasteiger partial charge is 0.336 e. The number of benzene rings is 2. The molecule has 1 heterocycles. The molecule has 0 aliphatic rings. The van der Waals surface area contributed by atoms with Gasteiger partial charge in [-0.15, -0.1) is 0 Å². The third-order valence-corrected chi connectivity index (χ3v) is 4.47. The summed E-state index contributed by atoms with van der Waals surface area (Å²) in [5.74, 6) is 0.0169. The first kappa shape index (κ1) is 21.8. The van der Waals surface area contributed by atoms with E-state index in [4.69, 9.17) is 9.47 Å². The number of pyridine rings is 1. The summed E-state index contributed by atoms with van der Waals surface area (Å²) in [5, 5.41) is 9.58. The van der Waals surface area contributed by atoms with Crippen LogP contribution in [0.1, 0.15) is 30.0 Å². The molecule has 0 fully saturated rings. The van der Waals surface area contributed by atoms with E-state index < -0.39 is 5.97 Å². The molecule has 6 nitrogen and oxygen atoms in total. The Morgan fingerprint density at radius 2 is 1.68 bits per heavy atom. The Morgan fingerprint density at radius 3 is 2.26 bits per heavy atom. The van der Waals surface area contributed by atoms with Crippen LogP contribution in [0.25, 0.3) is 11.6 Å². The molecular formula is C25H23NO5. The predicted octanol–water partition coefficient (Wildman–Crippen LogP) is 4.99. The minimum Gasteiger partial charge on any atom is -0.478 e. The second-order valence-corrected chi connectivity index (χ2v) is 6.72. The Morgan fingerprint density at radius 1 is 1.00 bits per heavy atom. The van der Waals surface area contributed by atoms with Crippen molar-refractivity contribution in [2.24, 2.45) is 0 Å². The van der Waals surface area contributed by atoms with E-state index >= 15 is 0 Å². The van der Waals surface area contributed by atoms with E-state index in [0.717, 1.165) is 5.56 Å². The molecule has 0 bridgehead atoms. The lowest BCUT2D eigenvalue weighted by Crippen LogP contribution is -2.05. The number of esters is 1. The Balaban J connectivity index is 1.65. The molecule has 6 heteroatoms. The number of hydrogen-bond acceptors (Lipinski definition) is 5. The van der Waals surface area contributed by atoms with Crippen LogP contribution in [0, 0.1) is 0 Å². The number of aromatic nitrogens is 1. The van der Waals surface area contributed by atoms with Gasteiger partial charge in [-0.05, 0) is 66.4 Å². The van der Waals surface area contributed by atoms with Crippen LogP contribution < -0.4 is 4.74 Å². The minimum atomic E-state index is -1.02. The average molecular weight is 417 g/mol. The highest BCUT2D eigenvalue weighted by atomic mass is 16.5. The topological polar surface area (TPSA) is 85.7 Å². The first-order valence-corrected chi connectivity index (χ1v) is 9.93. The highest BCUT2D eigenvalue weighted by Crippen LogP contribution is 2.25. The van der Waals surface area contributed by atoms with Gasteiger partial charge in [-0.25, -0.2) is 4.79 Å². The summed E-state index contributed by atoms with van der Waals surface area (Å²) in [7, 11) is 0. The van der Waals surface area contributed by atoms with Gasteiger partial charge in [0.05, 0.1) is 12.2 Å². The van der Waals surface area contributed by atoms with Gasteiger partial charge >= 0.3 is 11.9 Å². The molecule has 0 aliphatic carbocycles. The van der Waals surface area contributed by atoms with E-state index in [0.29, 0.717) is 42.1 Å². The summed E-state index contributed by atoms with van der Waals surface area (Å²) in [4.78, 5) is 27.2. The zero-order valence-electron chi connectivity index (χ0n) is 17.2. The number of carboxylic acid groups (broad SMARTS) is 1. The number of carbonyl (C=O) groups is 2. The van der Waals surface area contributed by atoms with E-state index in [1.807, 2.05) is 24.3 Å². The van der Waals surface area contributed by atoms with E-state index in [1.165, 1.54) is 0 Å². The van der Waals surface area contributed by atoms with Gasteiger partial charge in [0.25, 0.3) is 0 Å². The van der Waals surface area contributed by atoms with Gasteiger partial charge in [0.1, 0.15) is 11.5 Å². The summed E-state index contributed by atoms with van der Waals surface area (Å²) in [6.07, 6.45) is 5.77. The Hall–Kier alpha value is -3.93. The van der Waals surface area contributed by atoms with Gasteiger partial charge in [0.2, 0.25) is 0 Å². The van der Waals surface area contributed by atoms with E-state index in [9.17, 15) is 14.7 Å². The van der Waals surface area contributed by atoms with Crippen LogP contribution in [-0.4, -0.2) is 28.6 Å². The SMILES string of the molecule is CCOC(=O)CCc1ccc(Oc2ccc(C(=Cc3cccnc3)C(=O)O)cc2)cc1. The molecule has 1 N–H and O–H groups in total. The minimum absolute atomic E-state index is 0.172. The number of nitrogens with zero attached hydrogens (tertiary/aromatic N) is 1. The molecule has 0 radical (unpaired) electrons. The Bertz CT molecular complexity index is 1040. The quantitative estimate of drug-likeness (QED) is 0.390. The molecule has 0 saturated heterocycles.